The number of nitrogens with zero attached hydrogens (tertiary/aromatic N) is 5. The third kappa shape index (κ3) is 5.18. The van der Waals surface area contributed by atoms with Gasteiger partial charge in [-0.2, -0.15) is 5.26 Å². The van der Waals surface area contributed by atoms with Crippen LogP contribution in [0, 0.1) is 23.2 Å². The number of ether oxygens (including phenoxy) is 1. The van der Waals surface area contributed by atoms with Crippen LogP contribution in [-0.4, -0.2) is 59.4 Å². The number of urea groups is 1. The number of carbonyl (C=O) groups excluding carboxylic acids is 3. The van der Waals surface area contributed by atoms with Crippen molar-refractivity contribution in [3.8, 4) is 6.07 Å². The van der Waals surface area contributed by atoms with Crippen LogP contribution < -0.4 is 10.2 Å². The molecule has 0 spiro atoms. The van der Waals surface area contributed by atoms with Crippen LogP contribution >= 0.6 is 0 Å². The number of hydrogen-bond donors (Lipinski definition) is 1. The number of hydrogen-bond acceptors (Lipinski definition) is 7. The summed E-state index contributed by atoms with van der Waals surface area (Å²) in [5, 5.41) is 12.3. The van der Waals surface area contributed by atoms with E-state index in [2.05, 4.69) is 21.4 Å². The Balaban J connectivity index is 1.35. The largest absolute Gasteiger partial charge is 0.381 e. The minimum atomic E-state index is -0.394. The molecule has 2 atom stereocenters. The van der Waals surface area contributed by atoms with Crippen molar-refractivity contribution in [2.24, 2.45) is 11.8 Å². The van der Waals surface area contributed by atoms with Crippen LogP contribution in [0.15, 0.2) is 18.3 Å². The lowest BCUT2D eigenvalue weighted by Crippen LogP contribution is -2.40. The maximum atomic E-state index is 13.3. The molecule has 0 aliphatic carbocycles. The van der Waals surface area contributed by atoms with Crippen molar-refractivity contribution >= 4 is 29.9 Å². The first-order chi connectivity index (χ1) is 18.0. The molecule has 2 aromatic heterocycles. The summed E-state index contributed by atoms with van der Waals surface area (Å²) in [6, 6.07) is 5.44. The van der Waals surface area contributed by atoms with Crippen LogP contribution in [0.1, 0.15) is 58.9 Å². The van der Waals surface area contributed by atoms with Gasteiger partial charge < -0.3 is 9.64 Å². The molecule has 0 bridgehead atoms. The molecule has 3 aliphatic rings. The van der Waals surface area contributed by atoms with E-state index in [0.717, 1.165) is 43.4 Å². The molecule has 2 aromatic rings. The number of pyridine rings is 2. The number of rotatable bonds is 6. The first-order valence-electron chi connectivity index (χ1n) is 12.8. The van der Waals surface area contributed by atoms with E-state index >= 15 is 0 Å². The van der Waals surface area contributed by atoms with Gasteiger partial charge in [0.05, 0.1) is 5.56 Å². The molecule has 3 amide bonds. The fourth-order valence-corrected chi connectivity index (χ4v) is 5.31. The number of likely N-dealkylation sites (tertiary alicyclic amines) is 1. The molecule has 2 fully saturated rings. The summed E-state index contributed by atoms with van der Waals surface area (Å²) in [6.45, 7) is 4.76. The van der Waals surface area contributed by atoms with Crippen molar-refractivity contribution < 1.29 is 19.1 Å². The molecule has 0 aromatic carbocycles. The van der Waals surface area contributed by atoms with Gasteiger partial charge in [0.15, 0.2) is 6.29 Å². The molecule has 2 saturated heterocycles. The van der Waals surface area contributed by atoms with Crippen molar-refractivity contribution in [3.63, 3.8) is 0 Å². The Morgan fingerprint density at radius 2 is 2.16 bits per heavy atom. The van der Waals surface area contributed by atoms with Crippen molar-refractivity contribution in [2.75, 3.05) is 36.5 Å². The van der Waals surface area contributed by atoms with Gasteiger partial charge in [0.25, 0.3) is 0 Å². The molecular weight excluding hydrogens is 472 g/mol. The molecule has 10 heteroatoms. The van der Waals surface area contributed by atoms with Crippen LogP contribution in [0.3, 0.4) is 0 Å². The zero-order valence-electron chi connectivity index (χ0n) is 20.9. The Morgan fingerprint density at radius 1 is 1.30 bits per heavy atom. The quantitative estimate of drug-likeness (QED) is 0.601. The number of fused-ring (bicyclic) bond motifs is 1. The van der Waals surface area contributed by atoms with Crippen molar-refractivity contribution in [3.05, 3.63) is 46.3 Å². The number of amides is 3. The second-order valence-corrected chi connectivity index (χ2v) is 10.0. The molecule has 0 unspecified atom stereocenters. The van der Waals surface area contributed by atoms with Crippen molar-refractivity contribution in [1.29, 1.82) is 5.26 Å². The zero-order valence-corrected chi connectivity index (χ0v) is 20.9. The van der Waals surface area contributed by atoms with E-state index in [1.807, 2.05) is 13.0 Å². The fraction of sp³-hybridized carbons (Fsp3) is 0.481. The first kappa shape index (κ1) is 24.8. The van der Waals surface area contributed by atoms with E-state index in [4.69, 9.17) is 4.74 Å². The maximum Gasteiger partial charge on any atom is 0.328 e. The predicted octanol–water partition coefficient (Wildman–Crippen LogP) is 3.09. The van der Waals surface area contributed by atoms with Gasteiger partial charge in [0, 0.05) is 50.5 Å². The topological polar surface area (TPSA) is 129 Å². The van der Waals surface area contributed by atoms with Crippen molar-refractivity contribution in [1.82, 2.24) is 14.9 Å². The Morgan fingerprint density at radius 3 is 2.86 bits per heavy atom. The number of nitriles is 1. The van der Waals surface area contributed by atoms with Gasteiger partial charge in [0.2, 0.25) is 5.91 Å². The molecule has 1 N–H and O–H groups in total. The smallest absolute Gasteiger partial charge is 0.328 e. The van der Waals surface area contributed by atoms with E-state index in [0.29, 0.717) is 67.6 Å². The average molecular weight is 503 g/mol. The predicted molar refractivity (Wildman–Crippen MR) is 135 cm³/mol. The summed E-state index contributed by atoms with van der Waals surface area (Å²) in [4.78, 5) is 49.7. The summed E-state index contributed by atoms with van der Waals surface area (Å²) in [5.41, 5.74) is 3.13. The third-order valence-electron chi connectivity index (χ3n) is 7.44. The molecule has 10 nitrogen and oxygen atoms in total. The van der Waals surface area contributed by atoms with Crippen LogP contribution in [0.2, 0.25) is 0 Å². The third-order valence-corrected chi connectivity index (χ3v) is 7.44. The summed E-state index contributed by atoms with van der Waals surface area (Å²) >= 11 is 0. The highest BCUT2D eigenvalue weighted by Gasteiger charge is 2.30. The van der Waals surface area contributed by atoms with Gasteiger partial charge in [0.1, 0.15) is 23.4 Å². The first-order valence-corrected chi connectivity index (χ1v) is 12.8. The minimum absolute atomic E-state index is 0.00713. The maximum absolute atomic E-state index is 13.3. The Bertz CT molecular complexity index is 1270. The lowest BCUT2D eigenvalue weighted by Gasteiger charge is -2.29. The van der Waals surface area contributed by atoms with E-state index < -0.39 is 6.03 Å². The van der Waals surface area contributed by atoms with E-state index in [9.17, 15) is 19.6 Å². The molecule has 192 valence electrons. The van der Waals surface area contributed by atoms with Gasteiger partial charge in [-0.25, -0.2) is 14.8 Å². The van der Waals surface area contributed by atoms with Gasteiger partial charge in [-0.15, -0.1) is 0 Å². The van der Waals surface area contributed by atoms with Crippen LogP contribution in [-0.2, 0) is 28.9 Å². The number of aldehydes is 1. The lowest BCUT2D eigenvalue weighted by molar-refractivity contribution is -0.131. The Labute approximate surface area is 215 Å². The monoisotopic (exact) mass is 502 g/mol. The molecule has 0 saturated carbocycles. The van der Waals surface area contributed by atoms with Crippen LogP contribution in [0.25, 0.3) is 0 Å². The SMILES string of the molecule is C[C@H]1CCN(Cc2cc3c(nc2C=O)N(C(=O)Nc2cc(C[C@H]4CCOC4)c(C#N)cn2)CCC3)C1=O. The highest BCUT2D eigenvalue weighted by molar-refractivity contribution is 6.01. The van der Waals surface area contributed by atoms with E-state index in [1.54, 1.807) is 11.0 Å². The van der Waals surface area contributed by atoms with Gasteiger partial charge >= 0.3 is 6.03 Å². The Kier molecular flexibility index (Phi) is 7.15. The average Bonchev–Trinajstić information content (AvgIpc) is 3.53. The highest BCUT2D eigenvalue weighted by atomic mass is 16.5. The molecule has 0 radical (unpaired) electrons. The summed E-state index contributed by atoms with van der Waals surface area (Å²) in [5.74, 6) is 1.23. The fourth-order valence-electron chi connectivity index (χ4n) is 5.31. The highest BCUT2D eigenvalue weighted by Crippen LogP contribution is 2.30. The molecule has 37 heavy (non-hydrogen) atoms. The number of aromatic nitrogens is 2. The summed E-state index contributed by atoms with van der Waals surface area (Å²) in [6.07, 6.45) is 6.08. The van der Waals surface area contributed by atoms with Gasteiger partial charge in [-0.05, 0) is 61.3 Å². The molecular formula is C27H30N6O4. The summed E-state index contributed by atoms with van der Waals surface area (Å²) in [7, 11) is 0. The minimum Gasteiger partial charge on any atom is -0.381 e. The lowest BCUT2D eigenvalue weighted by atomic mass is 9.96. The number of carbonyl (C=O) groups is 3. The number of anilines is 2. The second-order valence-electron chi connectivity index (χ2n) is 10.0. The number of nitrogens with one attached hydrogen (secondary N) is 1. The summed E-state index contributed by atoms with van der Waals surface area (Å²) < 4.78 is 5.46. The number of aryl methyl sites for hydroxylation is 1. The van der Waals surface area contributed by atoms with Crippen LogP contribution in [0.4, 0.5) is 16.4 Å². The molecule has 3 aliphatic heterocycles. The van der Waals surface area contributed by atoms with E-state index in [-0.39, 0.29) is 17.5 Å². The zero-order chi connectivity index (χ0) is 25.9. The second kappa shape index (κ2) is 10.6. The normalized spacial score (nSPS) is 21.0. The molecule has 5 rings (SSSR count). The van der Waals surface area contributed by atoms with Gasteiger partial charge in [-0.1, -0.05) is 6.92 Å². The molecule has 5 heterocycles. The van der Waals surface area contributed by atoms with Crippen LogP contribution in [0.5, 0.6) is 0 Å². The van der Waals surface area contributed by atoms with E-state index in [1.165, 1.54) is 11.1 Å². The standard InChI is InChI=1S/C27H30N6O4/c1-17-4-7-32(26(17)35)14-21-10-19-3-2-6-33(25(19)30-23(21)15-34)27(36)31-24-11-20(22(12-28)13-29-24)9-18-5-8-37-16-18/h10-11,13,15,17-18H,2-9,14,16H2,1H3,(H,29,31,36)/t17-,18+/m0/s1. The Hall–Kier alpha value is -3.84. The van der Waals surface area contributed by atoms with Gasteiger partial charge in [-0.3, -0.25) is 19.8 Å². The van der Waals surface area contributed by atoms with Crippen molar-refractivity contribution in [2.45, 2.75) is 45.6 Å².